The Labute approximate surface area is 137 Å². The first-order valence-electron chi connectivity index (χ1n) is 7.38. The standard InChI is InChI=1S/C19H14ClF3/c1-2-3-11-4-6-13-12(10-11)5-7-14(17(13)21)15-8-9-16(20)19(23)18(15)22/h4-10H,2-3H2,1H3. The van der Waals surface area contributed by atoms with Gasteiger partial charge in [-0.2, -0.15) is 0 Å². The van der Waals surface area contributed by atoms with Gasteiger partial charge < -0.3 is 0 Å². The maximum absolute atomic E-state index is 14.8. The van der Waals surface area contributed by atoms with Crippen molar-refractivity contribution in [2.45, 2.75) is 19.8 Å². The van der Waals surface area contributed by atoms with E-state index in [1.54, 1.807) is 12.1 Å². The first-order valence-corrected chi connectivity index (χ1v) is 7.75. The molecule has 3 aromatic carbocycles. The van der Waals surface area contributed by atoms with Gasteiger partial charge in [-0.15, -0.1) is 0 Å². The summed E-state index contributed by atoms with van der Waals surface area (Å²) in [6, 6.07) is 11.2. The van der Waals surface area contributed by atoms with E-state index in [-0.39, 0.29) is 16.1 Å². The lowest BCUT2D eigenvalue weighted by Gasteiger charge is -2.10. The molecule has 0 amide bonds. The molecule has 4 heteroatoms. The number of fused-ring (bicyclic) bond motifs is 1. The van der Waals surface area contributed by atoms with E-state index in [9.17, 15) is 13.2 Å². The highest BCUT2D eigenvalue weighted by atomic mass is 35.5. The average Bonchev–Trinajstić information content (AvgIpc) is 2.54. The van der Waals surface area contributed by atoms with Crippen molar-refractivity contribution in [3.05, 3.63) is 70.5 Å². The van der Waals surface area contributed by atoms with Gasteiger partial charge in [-0.05, 0) is 29.5 Å². The molecule has 0 heterocycles. The summed E-state index contributed by atoms with van der Waals surface area (Å²) in [6.45, 7) is 2.08. The topological polar surface area (TPSA) is 0 Å². The third kappa shape index (κ3) is 2.81. The van der Waals surface area contributed by atoms with Crippen molar-refractivity contribution in [3.63, 3.8) is 0 Å². The Kier molecular flexibility index (Phi) is 4.31. The van der Waals surface area contributed by atoms with E-state index in [1.165, 1.54) is 18.2 Å². The highest BCUT2D eigenvalue weighted by molar-refractivity contribution is 6.30. The van der Waals surface area contributed by atoms with Gasteiger partial charge >= 0.3 is 0 Å². The molecule has 0 bridgehead atoms. The molecule has 0 aliphatic rings. The summed E-state index contributed by atoms with van der Waals surface area (Å²) < 4.78 is 42.5. The van der Waals surface area contributed by atoms with Crippen LogP contribution in [0.2, 0.25) is 5.02 Å². The summed E-state index contributed by atoms with van der Waals surface area (Å²) in [5.41, 5.74) is 1.01. The number of aryl methyl sites for hydroxylation is 1. The first-order chi connectivity index (χ1) is 11.0. The van der Waals surface area contributed by atoms with Crippen LogP contribution in [0.4, 0.5) is 13.2 Å². The highest BCUT2D eigenvalue weighted by Crippen LogP contribution is 2.33. The molecular formula is C19H14ClF3. The molecule has 0 aromatic heterocycles. The predicted octanol–water partition coefficient (Wildman–Crippen LogP) is 6.53. The van der Waals surface area contributed by atoms with Gasteiger partial charge in [0, 0.05) is 16.5 Å². The molecule has 3 rings (SSSR count). The molecule has 0 aliphatic heterocycles. The van der Waals surface area contributed by atoms with E-state index in [0.29, 0.717) is 5.39 Å². The van der Waals surface area contributed by atoms with Crippen LogP contribution in [0.25, 0.3) is 21.9 Å². The zero-order chi connectivity index (χ0) is 16.6. The van der Waals surface area contributed by atoms with Crippen LogP contribution in [0, 0.1) is 17.5 Å². The SMILES string of the molecule is CCCc1ccc2c(F)c(-c3ccc(Cl)c(F)c3F)ccc2c1. The highest BCUT2D eigenvalue weighted by Gasteiger charge is 2.17. The number of rotatable bonds is 3. The number of hydrogen-bond acceptors (Lipinski definition) is 0. The third-order valence-electron chi connectivity index (χ3n) is 3.88. The molecule has 3 aromatic rings. The molecule has 0 fully saturated rings. The van der Waals surface area contributed by atoms with Crippen LogP contribution >= 0.6 is 11.6 Å². The van der Waals surface area contributed by atoms with E-state index in [2.05, 4.69) is 6.92 Å². The largest absolute Gasteiger partial charge is 0.206 e. The molecule has 0 atom stereocenters. The molecule has 0 unspecified atom stereocenters. The van der Waals surface area contributed by atoms with Gasteiger partial charge in [0.15, 0.2) is 11.6 Å². The fourth-order valence-electron chi connectivity index (χ4n) is 2.73. The molecule has 23 heavy (non-hydrogen) atoms. The maximum Gasteiger partial charge on any atom is 0.178 e. The Bertz CT molecular complexity index is 887. The van der Waals surface area contributed by atoms with Gasteiger partial charge in [0.05, 0.1) is 5.02 Å². The van der Waals surface area contributed by atoms with Crippen LogP contribution in [-0.4, -0.2) is 0 Å². The van der Waals surface area contributed by atoms with E-state index < -0.39 is 17.5 Å². The van der Waals surface area contributed by atoms with Gasteiger partial charge in [0.1, 0.15) is 5.82 Å². The minimum absolute atomic E-state index is 0.0220. The van der Waals surface area contributed by atoms with Crippen LogP contribution < -0.4 is 0 Å². The second kappa shape index (κ2) is 6.25. The summed E-state index contributed by atoms with van der Waals surface area (Å²) in [4.78, 5) is 0. The summed E-state index contributed by atoms with van der Waals surface area (Å²) in [5.74, 6) is -2.87. The summed E-state index contributed by atoms with van der Waals surface area (Å²) in [5, 5.41) is 0.806. The monoisotopic (exact) mass is 334 g/mol. The summed E-state index contributed by atoms with van der Waals surface area (Å²) in [7, 11) is 0. The van der Waals surface area contributed by atoms with Crippen molar-refractivity contribution in [1.82, 2.24) is 0 Å². The summed E-state index contributed by atoms with van der Waals surface area (Å²) >= 11 is 5.55. The Hall–Kier alpha value is -2.00. The number of halogens is 4. The molecule has 0 N–H and O–H groups in total. The van der Waals surface area contributed by atoms with E-state index >= 15 is 0 Å². The van der Waals surface area contributed by atoms with Gasteiger partial charge in [-0.3, -0.25) is 0 Å². The fraction of sp³-hybridized carbons (Fsp3) is 0.158. The predicted molar refractivity (Wildman–Crippen MR) is 88.3 cm³/mol. The van der Waals surface area contributed by atoms with Gasteiger partial charge in [-0.25, -0.2) is 13.2 Å². The quantitative estimate of drug-likeness (QED) is 0.478. The minimum Gasteiger partial charge on any atom is -0.206 e. The molecule has 0 saturated carbocycles. The Morgan fingerprint density at radius 1 is 0.826 bits per heavy atom. The molecule has 0 saturated heterocycles. The Balaban J connectivity index is 2.18. The van der Waals surface area contributed by atoms with Crippen LogP contribution in [0.15, 0.2) is 42.5 Å². The first kappa shape index (κ1) is 15.9. The summed E-state index contributed by atoms with van der Waals surface area (Å²) in [6.07, 6.45) is 1.91. The van der Waals surface area contributed by atoms with Crippen molar-refractivity contribution in [3.8, 4) is 11.1 Å². The van der Waals surface area contributed by atoms with Crippen LogP contribution in [0.5, 0.6) is 0 Å². The molecule has 118 valence electrons. The number of hydrogen-bond donors (Lipinski definition) is 0. The maximum atomic E-state index is 14.8. The zero-order valence-electron chi connectivity index (χ0n) is 12.5. The molecular weight excluding hydrogens is 321 g/mol. The fourth-order valence-corrected chi connectivity index (χ4v) is 2.87. The normalized spacial score (nSPS) is 11.2. The molecule has 0 radical (unpaired) electrons. The van der Waals surface area contributed by atoms with Crippen molar-refractivity contribution in [2.24, 2.45) is 0 Å². The molecule has 0 nitrogen and oxygen atoms in total. The lowest BCUT2D eigenvalue weighted by molar-refractivity contribution is 0.510. The van der Waals surface area contributed by atoms with Gasteiger partial charge in [-0.1, -0.05) is 55.3 Å². The Morgan fingerprint density at radius 2 is 1.52 bits per heavy atom. The second-order valence-corrected chi connectivity index (χ2v) is 5.86. The van der Waals surface area contributed by atoms with Crippen LogP contribution in [0.1, 0.15) is 18.9 Å². The lowest BCUT2D eigenvalue weighted by Crippen LogP contribution is -1.94. The average molecular weight is 335 g/mol. The Morgan fingerprint density at radius 3 is 2.26 bits per heavy atom. The minimum atomic E-state index is -1.16. The lowest BCUT2D eigenvalue weighted by atomic mass is 9.97. The van der Waals surface area contributed by atoms with E-state index in [1.807, 2.05) is 12.1 Å². The van der Waals surface area contributed by atoms with Crippen molar-refractivity contribution < 1.29 is 13.2 Å². The molecule has 0 spiro atoms. The smallest absolute Gasteiger partial charge is 0.178 e. The third-order valence-corrected chi connectivity index (χ3v) is 4.17. The van der Waals surface area contributed by atoms with Crippen LogP contribution in [-0.2, 0) is 6.42 Å². The molecule has 0 aliphatic carbocycles. The zero-order valence-corrected chi connectivity index (χ0v) is 13.2. The second-order valence-electron chi connectivity index (χ2n) is 5.46. The van der Waals surface area contributed by atoms with Crippen molar-refractivity contribution in [1.29, 1.82) is 0 Å². The van der Waals surface area contributed by atoms with Gasteiger partial charge in [0.2, 0.25) is 0 Å². The van der Waals surface area contributed by atoms with E-state index in [4.69, 9.17) is 11.6 Å². The van der Waals surface area contributed by atoms with E-state index in [0.717, 1.165) is 23.8 Å². The van der Waals surface area contributed by atoms with Crippen LogP contribution in [0.3, 0.4) is 0 Å². The van der Waals surface area contributed by atoms with Crippen molar-refractivity contribution in [2.75, 3.05) is 0 Å². The van der Waals surface area contributed by atoms with Gasteiger partial charge in [0.25, 0.3) is 0 Å². The number of benzene rings is 3. The van der Waals surface area contributed by atoms with Crippen molar-refractivity contribution >= 4 is 22.4 Å².